The minimum atomic E-state index is -0.521. The minimum Gasteiger partial charge on any atom is -0.493 e. The molecule has 0 saturated carbocycles. The second-order valence-corrected chi connectivity index (χ2v) is 10.4. The van der Waals surface area contributed by atoms with E-state index in [2.05, 4.69) is 10.3 Å². The number of benzene rings is 2. The third-order valence-electron chi connectivity index (χ3n) is 7.37. The first-order valence-electron chi connectivity index (χ1n) is 12.6. The van der Waals surface area contributed by atoms with Crippen LogP contribution >= 0.6 is 11.3 Å². The van der Waals surface area contributed by atoms with Crippen molar-refractivity contribution in [3.05, 3.63) is 81.8 Å². The summed E-state index contributed by atoms with van der Waals surface area (Å²) in [6.45, 7) is 4.60. The quantitative estimate of drug-likeness (QED) is 0.476. The summed E-state index contributed by atoms with van der Waals surface area (Å²) in [5, 5.41) is 3.16. The van der Waals surface area contributed by atoms with Gasteiger partial charge in [0.1, 0.15) is 11.8 Å². The molecule has 5 rings (SSSR count). The van der Waals surface area contributed by atoms with Gasteiger partial charge in [0.15, 0.2) is 5.96 Å². The standard InChI is InChI=1S/C28H31N5O3S/c1-3-28(4-2)15-24(34)33(27(29)32-28)25(23-16-30-17-37-23)18-8-7-9-19(14-18)26(35)31-21-12-13-36-22-11-6-5-10-20(21)22/h5-11,14,16-17,21,25H,3-4,12-13,15H2,1-2H3,(H2,29,32)(H,31,35)/t21-,25+/m0/s1. The number of aromatic nitrogens is 1. The van der Waals surface area contributed by atoms with Gasteiger partial charge in [-0.25, -0.2) is 4.99 Å². The predicted molar refractivity (Wildman–Crippen MR) is 144 cm³/mol. The van der Waals surface area contributed by atoms with E-state index in [1.807, 2.05) is 56.3 Å². The third-order valence-corrected chi connectivity index (χ3v) is 8.20. The fraction of sp³-hybridized carbons (Fsp3) is 0.357. The summed E-state index contributed by atoms with van der Waals surface area (Å²) in [5.74, 6) is 0.733. The van der Waals surface area contributed by atoms with Crippen LogP contribution in [0.5, 0.6) is 5.75 Å². The van der Waals surface area contributed by atoms with Crippen LogP contribution in [0.15, 0.2) is 65.2 Å². The zero-order valence-electron chi connectivity index (χ0n) is 21.0. The summed E-state index contributed by atoms with van der Waals surface area (Å²) in [5.41, 5.74) is 9.96. The summed E-state index contributed by atoms with van der Waals surface area (Å²) in [7, 11) is 0. The number of nitrogens with one attached hydrogen (secondary N) is 1. The zero-order valence-corrected chi connectivity index (χ0v) is 21.8. The van der Waals surface area contributed by atoms with Gasteiger partial charge in [0, 0.05) is 23.7 Å². The normalized spacial score (nSPS) is 19.4. The van der Waals surface area contributed by atoms with Gasteiger partial charge in [0.05, 0.1) is 35.0 Å². The Labute approximate surface area is 220 Å². The maximum atomic E-state index is 13.5. The number of nitrogens with two attached hydrogens (primary N) is 1. The van der Waals surface area contributed by atoms with Gasteiger partial charge in [-0.1, -0.05) is 44.2 Å². The summed E-state index contributed by atoms with van der Waals surface area (Å²) in [4.78, 5) is 38.3. The smallest absolute Gasteiger partial charge is 0.251 e. The Balaban J connectivity index is 1.47. The predicted octanol–water partition coefficient (Wildman–Crippen LogP) is 4.59. The molecule has 0 spiro atoms. The molecule has 0 radical (unpaired) electrons. The molecule has 2 aromatic carbocycles. The van der Waals surface area contributed by atoms with Crippen LogP contribution in [0.25, 0.3) is 0 Å². The SMILES string of the molecule is CCC1(CC)CC(=O)N([C@H](c2cccc(C(=O)N[C@H]3CCOc4ccccc43)c2)c2cncs2)C(N)=N1. The number of nitrogens with zero attached hydrogens (tertiary/aromatic N) is 3. The maximum absolute atomic E-state index is 13.5. The molecule has 1 aromatic heterocycles. The van der Waals surface area contributed by atoms with Crippen molar-refractivity contribution in [3.63, 3.8) is 0 Å². The lowest BCUT2D eigenvalue weighted by atomic mass is 9.87. The number of fused-ring (bicyclic) bond motifs is 1. The van der Waals surface area contributed by atoms with Gasteiger partial charge >= 0.3 is 0 Å². The van der Waals surface area contributed by atoms with E-state index >= 15 is 0 Å². The molecule has 0 saturated heterocycles. The average molecular weight is 518 g/mol. The molecule has 2 aliphatic rings. The van der Waals surface area contributed by atoms with Gasteiger partial charge in [-0.05, 0) is 36.6 Å². The Kier molecular flexibility index (Phi) is 6.97. The van der Waals surface area contributed by atoms with Crippen molar-refractivity contribution in [3.8, 4) is 5.75 Å². The van der Waals surface area contributed by atoms with Crippen LogP contribution < -0.4 is 15.8 Å². The number of guanidine groups is 1. The second kappa shape index (κ2) is 10.3. The van der Waals surface area contributed by atoms with Crippen molar-refractivity contribution >= 4 is 29.1 Å². The molecule has 3 heterocycles. The van der Waals surface area contributed by atoms with Crippen molar-refractivity contribution in [1.82, 2.24) is 15.2 Å². The van der Waals surface area contributed by atoms with Gasteiger partial charge in [0.2, 0.25) is 5.91 Å². The summed E-state index contributed by atoms with van der Waals surface area (Å²) in [6, 6.07) is 14.5. The highest BCUT2D eigenvalue weighted by molar-refractivity contribution is 7.09. The molecule has 0 unspecified atom stereocenters. The molecule has 3 aromatic rings. The first-order chi connectivity index (χ1) is 17.9. The van der Waals surface area contributed by atoms with Crippen molar-refractivity contribution < 1.29 is 14.3 Å². The first kappa shape index (κ1) is 25.0. The largest absolute Gasteiger partial charge is 0.493 e. The van der Waals surface area contributed by atoms with Crippen LogP contribution in [-0.2, 0) is 4.79 Å². The van der Waals surface area contributed by atoms with E-state index in [4.69, 9.17) is 15.5 Å². The van der Waals surface area contributed by atoms with Gasteiger partial charge in [0.25, 0.3) is 5.91 Å². The molecule has 0 bridgehead atoms. The highest BCUT2D eigenvalue weighted by Crippen LogP contribution is 2.38. The number of carbonyl (C=O) groups is 2. The third kappa shape index (κ3) is 4.83. The van der Waals surface area contributed by atoms with E-state index < -0.39 is 11.6 Å². The fourth-order valence-electron chi connectivity index (χ4n) is 5.15. The van der Waals surface area contributed by atoms with E-state index in [0.29, 0.717) is 25.0 Å². The van der Waals surface area contributed by atoms with Gasteiger partial charge in [-0.2, -0.15) is 0 Å². The van der Waals surface area contributed by atoms with E-state index in [-0.39, 0.29) is 23.8 Å². The van der Waals surface area contributed by atoms with E-state index in [0.717, 1.165) is 34.6 Å². The lowest BCUT2D eigenvalue weighted by Gasteiger charge is -2.39. The van der Waals surface area contributed by atoms with E-state index in [9.17, 15) is 9.59 Å². The molecule has 2 aliphatic heterocycles. The molecule has 37 heavy (non-hydrogen) atoms. The molecule has 2 amide bonds. The van der Waals surface area contributed by atoms with Crippen LogP contribution in [-0.4, -0.2) is 39.8 Å². The highest BCUT2D eigenvalue weighted by atomic mass is 32.1. The molecule has 192 valence electrons. The number of carbonyl (C=O) groups excluding carboxylic acids is 2. The molecule has 8 nitrogen and oxygen atoms in total. The molecule has 9 heteroatoms. The maximum Gasteiger partial charge on any atom is 0.251 e. The molecular formula is C28H31N5O3S. The topological polar surface area (TPSA) is 110 Å². The van der Waals surface area contributed by atoms with E-state index in [1.54, 1.807) is 22.7 Å². The minimum absolute atomic E-state index is 0.0803. The number of ether oxygens (including phenoxy) is 1. The van der Waals surface area contributed by atoms with Crippen molar-refractivity contribution in [2.75, 3.05) is 6.61 Å². The summed E-state index contributed by atoms with van der Waals surface area (Å²) in [6.07, 6.45) is 4.19. The summed E-state index contributed by atoms with van der Waals surface area (Å²) >= 11 is 1.44. The van der Waals surface area contributed by atoms with Gasteiger partial charge < -0.3 is 15.8 Å². The van der Waals surface area contributed by atoms with Crippen LogP contribution in [0.3, 0.4) is 0 Å². The second-order valence-electron chi connectivity index (χ2n) is 9.47. The van der Waals surface area contributed by atoms with Crippen LogP contribution in [0, 0.1) is 0 Å². The molecular weight excluding hydrogens is 486 g/mol. The number of para-hydroxylation sites is 1. The van der Waals surface area contributed by atoms with Gasteiger partial charge in [-0.15, -0.1) is 11.3 Å². The molecule has 2 atom stereocenters. The van der Waals surface area contributed by atoms with Crippen LogP contribution in [0.4, 0.5) is 0 Å². The Bertz CT molecular complexity index is 1320. The zero-order chi connectivity index (χ0) is 26.0. The highest BCUT2D eigenvalue weighted by Gasteiger charge is 2.41. The number of amides is 2. The number of hydrogen-bond acceptors (Lipinski definition) is 7. The number of rotatable bonds is 7. The monoisotopic (exact) mass is 517 g/mol. The first-order valence-corrected chi connectivity index (χ1v) is 13.5. The Morgan fingerprint density at radius 2 is 2.05 bits per heavy atom. The average Bonchev–Trinajstić information content (AvgIpc) is 3.45. The van der Waals surface area contributed by atoms with Crippen LogP contribution in [0.2, 0.25) is 0 Å². The Morgan fingerprint density at radius 3 is 2.78 bits per heavy atom. The lowest BCUT2D eigenvalue weighted by molar-refractivity contribution is -0.131. The Hall–Kier alpha value is -3.72. The van der Waals surface area contributed by atoms with Crippen LogP contribution in [0.1, 0.15) is 78.0 Å². The fourth-order valence-corrected chi connectivity index (χ4v) is 5.89. The summed E-state index contributed by atoms with van der Waals surface area (Å²) < 4.78 is 5.73. The lowest BCUT2D eigenvalue weighted by Crippen LogP contribution is -2.52. The van der Waals surface area contributed by atoms with Crippen molar-refractivity contribution in [2.24, 2.45) is 10.7 Å². The van der Waals surface area contributed by atoms with Crippen molar-refractivity contribution in [1.29, 1.82) is 0 Å². The number of thiazole rings is 1. The van der Waals surface area contributed by atoms with Crippen molar-refractivity contribution in [2.45, 2.75) is 57.2 Å². The molecule has 0 fully saturated rings. The number of hydrogen-bond donors (Lipinski definition) is 2. The Morgan fingerprint density at radius 1 is 1.24 bits per heavy atom. The van der Waals surface area contributed by atoms with Gasteiger partial charge in [-0.3, -0.25) is 19.5 Å². The van der Waals surface area contributed by atoms with E-state index in [1.165, 1.54) is 11.3 Å². The molecule has 3 N–H and O–H groups in total. The number of aliphatic imine (C=N–C) groups is 1. The molecule has 0 aliphatic carbocycles.